The van der Waals surface area contributed by atoms with Gasteiger partial charge < -0.3 is 15.4 Å². The highest BCUT2D eigenvalue weighted by atomic mass is 19.1. The summed E-state index contributed by atoms with van der Waals surface area (Å²) in [6.45, 7) is 3.22. The molecule has 0 aromatic heterocycles. The van der Waals surface area contributed by atoms with Gasteiger partial charge in [0.2, 0.25) is 0 Å². The highest BCUT2D eigenvalue weighted by Gasteiger charge is 2.15. The first-order valence-corrected chi connectivity index (χ1v) is 6.21. The molecule has 4 nitrogen and oxygen atoms in total. The minimum atomic E-state index is -0.281. The zero-order chi connectivity index (χ0) is 14.4. The normalized spacial score (nSPS) is 12.5. The number of halogens is 1. The second-order valence-electron chi connectivity index (χ2n) is 4.75. The van der Waals surface area contributed by atoms with E-state index in [1.54, 1.807) is 12.1 Å². The van der Waals surface area contributed by atoms with Gasteiger partial charge in [0, 0.05) is 25.2 Å². The summed E-state index contributed by atoms with van der Waals surface area (Å²) in [7, 11) is 3.29. The lowest BCUT2D eigenvalue weighted by molar-refractivity contribution is -0.145. The van der Waals surface area contributed by atoms with Gasteiger partial charge in [0.05, 0.1) is 13.0 Å². The number of esters is 1. The Labute approximate surface area is 113 Å². The zero-order valence-corrected chi connectivity index (χ0v) is 11.6. The van der Waals surface area contributed by atoms with Gasteiger partial charge in [-0.25, -0.2) is 4.39 Å². The molecular weight excluding hydrogens is 247 g/mol. The second kappa shape index (κ2) is 7.21. The molecule has 1 atom stereocenters. The van der Waals surface area contributed by atoms with Gasteiger partial charge in [-0.3, -0.25) is 4.79 Å². The molecule has 0 spiro atoms. The topological polar surface area (TPSA) is 55.6 Å². The van der Waals surface area contributed by atoms with E-state index in [-0.39, 0.29) is 24.2 Å². The summed E-state index contributed by atoms with van der Waals surface area (Å²) >= 11 is 0. The van der Waals surface area contributed by atoms with Gasteiger partial charge in [-0.15, -0.1) is 0 Å². The molecule has 106 valence electrons. The van der Waals surface area contributed by atoms with Crippen molar-refractivity contribution in [3.63, 3.8) is 0 Å². The van der Waals surface area contributed by atoms with Crippen LogP contribution in [0.15, 0.2) is 18.2 Å². The summed E-state index contributed by atoms with van der Waals surface area (Å²) in [6.07, 6.45) is 0. The molecule has 0 amide bonds. The molecule has 0 saturated heterocycles. The van der Waals surface area contributed by atoms with Crippen molar-refractivity contribution in [3.8, 4) is 0 Å². The number of carbonyl (C=O) groups is 1. The molecule has 0 aliphatic carbocycles. The van der Waals surface area contributed by atoms with Crippen LogP contribution in [-0.4, -0.2) is 31.6 Å². The fraction of sp³-hybridized carbons (Fsp3) is 0.500. The van der Waals surface area contributed by atoms with Crippen molar-refractivity contribution < 1.29 is 13.9 Å². The molecule has 0 fully saturated rings. The van der Waals surface area contributed by atoms with Gasteiger partial charge in [-0.2, -0.15) is 0 Å². The second-order valence-corrected chi connectivity index (χ2v) is 4.75. The molecule has 1 aromatic carbocycles. The molecule has 2 N–H and O–H groups in total. The molecule has 0 aliphatic heterocycles. The Morgan fingerprint density at radius 2 is 2.21 bits per heavy atom. The van der Waals surface area contributed by atoms with Crippen LogP contribution in [0, 0.1) is 11.7 Å². The molecule has 1 unspecified atom stereocenters. The van der Waals surface area contributed by atoms with Crippen molar-refractivity contribution in [1.29, 1.82) is 0 Å². The summed E-state index contributed by atoms with van der Waals surface area (Å²) in [5, 5.41) is 0. The highest BCUT2D eigenvalue weighted by Crippen LogP contribution is 2.12. The molecular formula is C14H21FN2O2. The van der Waals surface area contributed by atoms with Gasteiger partial charge >= 0.3 is 5.97 Å². The molecule has 1 rings (SSSR count). The summed E-state index contributed by atoms with van der Waals surface area (Å²) in [4.78, 5) is 13.3. The summed E-state index contributed by atoms with van der Waals surface area (Å²) < 4.78 is 18.0. The van der Waals surface area contributed by atoms with Crippen LogP contribution in [0.3, 0.4) is 0 Å². The maximum Gasteiger partial charge on any atom is 0.309 e. The van der Waals surface area contributed by atoms with E-state index in [1.807, 2.05) is 18.9 Å². The number of carbonyl (C=O) groups excluding carboxylic acids is 1. The monoisotopic (exact) mass is 268 g/mol. The average molecular weight is 268 g/mol. The maximum atomic E-state index is 13.3. The van der Waals surface area contributed by atoms with Crippen molar-refractivity contribution in [2.75, 3.05) is 20.7 Å². The number of ether oxygens (including phenoxy) is 1. The van der Waals surface area contributed by atoms with Crippen molar-refractivity contribution in [2.45, 2.75) is 20.0 Å². The first-order valence-electron chi connectivity index (χ1n) is 6.21. The van der Waals surface area contributed by atoms with E-state index in [0.717, 1.165) is 5.56 Å². The van der Waals surface area contributed by atoms with Crippen LogP contribution in [-0.2, 0) is 22.6 Å². The number of nitrogens with two attached hydrogens (primary N) is 1. The Kier molecular flexibility index (Phi) is 5.92. The number of nitrogens with zero attached hydrogens (tertiary/aromatic N) is 1. The van der Waals surface area contributed by atoms with Gasteiger partial charge in [0.25, 0.3) is 0 Å². The lowest BCUT2D eigenvalue weighted by Gasteiger charge is -2.20. The van der Waals surface area contributed by atoms with Crippen LogP contribution >= 0.6 is 0 Å². The van der Waals surface area contributed by atoms with Crippen molar-refractivity contribution >= 4 is 5.97 Å². The molecule has 5 heteroatoms. The van der Waals surface area contributed by atoms with E-state index in [0.29, 0.717) is 18.7 Å². The molecule has 0 bridgehead atoms. The van der Waals surface area contributed by atoms with Crippen molar-refractivity contribution in [2.24, 2.45) is 11.7 Å². The van der Waals surface area contributed by atoms with Gasteiger partial charge in [-0.1, -0.05) is 19.1 Å². The predicted octanol–water partition coefficient (Wildman–Crippen LogP) is 1.53. The van der Waals surface area contributed by atoms with E-state index in [1.165, 1.54) is 13.2 Å². The SMILES string of the molecule is COC(=O)C(C)CN(C)Cc1ccc(F)c(CN)c1. The predicted molar refractivity (Wildman–Crippen MR) is 71.8 cm³/mol. The van der Waals surface area contributed by atoms with Gasteiger partial charge in [0.1, 0.15) is 5.82 Å². The fourth-order valence-corrected chi connectivity index (χ4v) is 2.00. The molecule has 19 heavy (non-hydrogen) atoms. The first-order chi connectivity index (χ1) is 8.97. The van der Waals surface area contributed by atoms with Crippen LogP contribution < -0.4 is 5.73 Å². The van der Waals surface area contributed by atoms with Crippen LogP contribution in [0.5, 0.6) is 0 Å². The van der Waals surface area contributed by atoms with E-state index >= 15 is 0 Å². The number of rotatable bonds is 6. The third-order valence-electron chi connectivity index (χ3n) is 2.97. The standard InChI is InChI=1S/C14H21FN2O2/c1-10(14(18)19-3)8-17(2)9-11-4-5-13(15)12(6-11)7-16/h4-6,10H,7-9,16H2,1-3H3. The first kappa shape index (κ1) is 15.6. The lowest BCUT2D eigenvalue weighted by Crippen LogP contribution is -2.29. The van der Waals surface area contributed by atoms with Crippen LogP contribution in [0.2, 0.25) is 0 Å². The zero-order valence-electron chi connectivity index (χ0n) is 11.6. The minimum absolute atomic E-state index is 0.182. The van der Waals surface area contributed by atoms with Gasteiger partial charge in [0.15, 0.2) is 0 Å². The van der Waals surface area contributed by atoms with E-state index in [4.69, 9.17) is 5.73 Å². The van der Waals surface area contributed by atoms with E-state index in [9.17, 15) is 9.18 Å². The van der Waals surface area contributed by atoms with Crippen molar-refractivity contribution in [1.82, 2.24) is 4.90 Å². The quantitative estimate of drug-likeness (QED) is 0.795. The number of methoxy groups -OCH3 is 1. The summed E-state index contributed by atoms with van der Waals surface area (Å²) in [5.74, 6) is -0.699. The van der Waals surface area contributed by atoms with Crippen LogP contribution in [0.4, 0.5) is 4.39 Å². The molecule has 0 aliphatic rings. The molecule has 0 saturated carbocycles. The Hall–Kier alpha value is -1.46. The van der Waals surface area contributed by atoms with Gasteiger partial charge in [-0.05, 0) is 18.7 Å². The number of hydrogen-bond donors (Lipinski definition) is 1. The smallest absolute Gasteiger partial charge is 0.309 e. The Bertz CT molecular complexity index is 437. The third kappa shape index (κ3) is 4.61. The fourth-order valence-electron chi connectivity index (χ4n) is 2.00. The van der Waals surface area contributed by atoms with E-state index in [2.05, 4.69) is 4.74 Å². The Morgan fingerprint density at radius 3 is 2.79 bits per heavy atom. The average Bonchev–Trinajstić information content (AvgIpc) is 2.39. The molecule has 0 radical (unpaired) electrons. The Balaban J connectivity index is 2.61. The number of benzene rings is 1. The number of hydrogen-bond acceptors (Lipinski definition) is 4. The maximum absolute atomic E-state index is 13.3. The largest absolute Gasteiger partial charge is 0.469 e. The van der Waals surface area contributed by atoms with Crippen LogP contribution in [0.25, 0.3) is 0 Å². The third-order valence-corrected chi connectivity index (χ3v) is 2.97. The molecule has 0 heterocycles. The Morgan fingerprint density at radius 1 is 1.53 bits per heavy atom. The highest BCUT2D eigenvalue weighted by molar-refractivity contribution is 5.72. The van der Waals surface area contributed by atoms with Crippen molar-refractivity contribution in [3.05, 3.63) is 35.1 Å². The minimum Gasteiger partial charge on any atom is -0.469 e. The summed E-state index contributed by atoms with van der Waals surface area (Å²) in [6, 6.07) is 4.91. The summed E-state index contributed by atoms with van der Waals surface area (Å²) in [5.41, 5.74) is 6.95. The van der Waals surface area contributed by atoms with E-state index < -0.39 is 0 Å². The molecule has 1 aromatic rings. The van der Waals surface area contributed by atoms with Crippen LogP contribution in [0.1, 0.15) is 18.1 Å². The lowest BCUT2D eigenvalue weighted by atomic mass is 10.1.